The molecule has 0 fully saturated rings. The van der Waals surface area contributed by atoms with Gasteiger partial charge < -0.3 is 20.1 Å². The van der Waals surface area contributed by atoms with Gasteiger partial charge in [0, 0.05) is 24.6 Å². The highest BCUT2D eigenvalue weighted by molar-refractivity contribution is 6.01. The molecule has 1 aliphatic rings. The van der Waals surface area contributed by atoms with Crippen molar-refractivity contribution in [3.8, 4) is 0 Å². The number of rotatable bonds is 6. The summed E-state index contributed by atoms with van der Waals surface area (Å²) in [5, 5.41) is 0. The average molecular weight is 516 g/mol. The minimum atomic E-state index is -4.61. The second-order valence-corrected chi connectivity index (χ2v) is 8.61. The monoisotopic (exact) mass is 515 g/mol. The smallest absolute Gasteiger partial charge is 0.416 e. The van der Waals surface area contributed by atoms with Crippen molar-refractivity contribution < 1.29 is 32.2 Å². The lowest BCUT2D eigenvalue weighted by Gasteiger charge is -2.37. The second kappa shape index (κ2) is 10.9. The summed E-state index contributed by atoms with van der Waals surface area (Å²) >= 11 is 0. The number of halogens is 3. The van der Waals surface area contributed by atoms with Crippen LogP contribution < -0.4 is 10.6 Å². The molecule has 0 saturated carbocycles. The quantitative estimate of drug-likeness (QED) is 0.433. The molecule has 7 nitrogen and oxygen atoms in total. The lowest BCUT2D eigenvalue weighted by molar-refractivity contribution is -0.143. The first-order valence-corrected chi connectivity index (χ1v) is 11.4. The van der Waals surface area contributed by atoms with E-state index in [1.165, 1.54) is 31.1 Å². The summed E-state index contributed by atoms with van der Waals surface area (Å²) in [6.07, 6.45) is -3.49. The molecule has 10 heteroatoms. The number of esters is 2. The zero-order valence-electron chi connectivity index (χ0n) is 21.1. The van der Waals surface area contributed by atoms with Crippen LogP contribution >= 0.6 is 0 Å². The number of anilines is 1. The molecule has 1 heterocycles. The maximum absolute atomic E-state index is 13.5. The number of methoxy groups -OCH3 is 1. The van der Waals surface area contributed by atoms with E-state index in [-0.39, 0.29) is 28.4 Å². The Morgan fingerprint density at radius 1 is 1.08 bits per heavy atom. The molecule has 0 aromatic heterocycles. The van der Waals surface area contributed by atoms with Crippen molar-refractivity contribution in [3.05, 3.63) is 87.9 Å². The molecule has 0 bridgehead atoms. The molecule has 0 radical (unpaired) electrons. The predicted molar refractivity (Wildman–Crippen MR) is 134 cm³/mol. The van der Waals surface area contributed by atoms with Gasteiger partial charge in [-0.1, -0.05) is 30.3 Å². The molecule has 1 aliphatic heterocycles. The molecule has 0 spiro atoms. The Bertz CT molecular complexity index is 1280. The largest absolute Gasteiger partial charge is 0.466 e. The number of ether oxygens (including phenoxy) is 2. The molecular weight excluding hydrogens is 487 g/mol. The third-order valence-corrected chi connectivity index (χ3v) is 5.77. The fourth-order valence-corrected chi connectivity index (χ4v) is 4.21. The van der Waals surface area contributed by atoms with Crippen molar-refractivity contribution in [1.29, 1.82) is 0 Å². The van der Waals surface area contributed by atoms with Crippen molar-refractivity contribution in [2.45, 2.75) is 39.0 Å². The van der Waals surface area contributed by atoms with Crippen LogP contribution in [0.5, 0.6) is 0 Å². The number of benzene rings is 2. The first kappa shape index (κ1) is 27.5. The van der Waals surface area contributed by atoms with Crippen LogP contribution in [0.2, 0.25) is 0 Å². The van der Waals surface area contributed by atoms with Gasteiger partial charge in [-0.15, -0.1) is 0 Å². The van der Waals surface area contributed by atoms with Crippen molar-refractivity contribution in [2.75, 3.05) is 19.1 Å². The van der Waals surface area contributed by atoms with Gasteiger partial charge in [0.15, 0.2) is 0 Å². The van der Waals surface area contributed by atoms with E-state index in [1.807, 2.05) is 0 Å². The Kier molecular flexibility index (Phi) is 8.10. The Balaban J connectivity index is 2.33. The minimum Gasteiger partial charge on any atom is -0.466 e. The number of nitrogens with two attached hydrogens (primary N) is 1. The molecule has 196 valence electrons. The summed E-state index contributed by atoms with van der Waals surface area (Å²) in [4.78, 5) is 31.7. The SMILES string of the molecule is C/N=C/c1ccc(C2C(C(=O)OC)=C(C)N(c3cccc(C(F)(F)F)c3)C(N)=C2C(=O)OC(C)C)cc1. The van der Waals surface area contributed by atoms with Crippen molar-refractivity contribution in [3.63, 3.8) is 0 Å². The number of hydrogen-bond acceptors (Lipinski definition) is 7. The molecule has 0 saturated heterocycles. The topological polar surface area (TPSA) is 94.2 Å². The van der Waals surface area contributed by atoms with Gasteiger partial charge in [0.2, 0.25) is 0 Å². The predicted octanol–water partition coefficient (Wildman–Crippen LogP) is 4.93. The van der Waals surface area contributed by atoms with E-state index >= 15 is 0 Å². The maximum atomic E-state index is 13.5. The van der Waals surface area contributed by atoms with Crippen LogP contribution in [-0.2, 0) is 25.2 Å². The molecule has 37 heavy (non-hydrogen) atoms. The van der Waals surface area contributed by atoms with Crippen LogP contribution in [0.4, 0.5) is 18.9 Å². The van der Waals surface area contributed by atoms with Crippen LogP contribution in [0.3, 0.4) is 0 Å². The summed E-state index contributed by atoms with van der Waals surface area (Å²) in [6, 6.07) is 11.4. The number of carbonyl (C=O) groups excluding carboxylic acids is 2. The van der Waals surface area contributed by atoms with Gasteiger partial charge in [-0.3, -0.25) is 4.99 Å². The molecule has 1 atom stereocenters. The van der Waals surface area contributed by atoms with Crippen LogP contribution in [0.1, 0.15) is 43.4 Å². The molecule has 0 amide bonds. The molecule has 2 N–H and O–H groups in total. The zero-order valence-corrected chi connectivity index (χ0v) is 21.1. The Morgan fingerprint density at radius 2 is 1.73 bits per heavy atom. The Hall–Kier alpha value is -4.08. The average Bonchev–Trinajstić information content (AvgIpc) is 2.83. The highest BCUT2D eigenvalue weighted by Crippen LogP contribution is 2.44. The van der Waals surface area contributed by atoms with Gasteiger partial charge in [0.25, 0.3) is 0 Å². The maximum Gasteiger partial charge on any atom is 0.416 e. The fraction of sp³-hybridized carbons (Fsp3) is 0.296. The molecule has 1 unspecified atom stereocenters. The number of nitrogens with zero attached hydrogens (tertiary/aromatic N) is 2. The number of aliphatic imine (C=N–C) groups is 1. The summed E-state index contributed by atoms with van der Waals surface area (Å²) in [6.45, 7) is 4.84. The fourth-order valence-electron chi connectivity index (χ4n) is 4.21. The zero-order chi connectivity index (χ0) is 27.5. The molecule has 2 aromatic rings. The van der Waals surface area contributed by atoms with E-state index in [4.69, 9.17) is 15.2 Å². The van der Waals surface area contributed by atoms with Gasteiger partial charge in [-0.2, -0.15) is 13.2 Å². The summed E-state index contributed by atoms with van der Waals surface area (Å²) in [7, 11) is 2.81. The first-order valence-electron chi connectivity index (χ1n) is 11.4. The standard InChI is InChI=1S/C27H28F3N3O4/c1-15(2)37-26(35)23-22(18-11-9-17(10-12-18)14-32-4)21(25(34)36-5)16(3)33(24(23)31)20-8-6-7-19(13-20)27(28,29)30/h6-15,22H,31H2,1-5H3/b32-14+. The van der Waals surface area contributed by atoms with E-state index < -0.39 is 35.7 Å². The lowest BCUT2D eigenvalue weighted by Crippen LogP contribution is -2.39. The Morgan fingerprint density at radius 3 is 2.27 bits per heavy atom. The van der Waals surface area contributed by atoms with Crippen molar-refractivity contribution in [1.82, 2.24) is 0 Å². The van der Waals surface area contributed by atoms with Gasteiger partial charge in [-0.05, 0) is 50.1 Å². The molecule has 0 aliphatic carbocycles. The molecule has 2 aromatic carbocycles. The van der Waals surface area contributed by atoms with E-state index in [0.717, 1.165) is 17.7 Å². The van der Waals surface area contributed by atoms with E-state index in [0.29, 0.717) is 5.56 Å². The third kappa shape index (κ3) is 5.68. The summed E-state index contributed by atoms with van der Waals surface area (Å²) in [5.41, 5.74) is 7.12. The van der Waals surface area contributed by atoms with E-state index in [1.54, 1.807) is 51.4 Å². The first-order chi connectivity index (χ1) is 17.4. The van der Waals surface area contributed by atoms with Gasteiger partial charge in [-0.25, -0.2) is 9.59 Å². The van der Waals surface area contributed by atoms with Crippen LogP contribution in [-0.4, -0.2) is 38.4 Å². The van der Waals surface area contributed by atoms with Gasteiger partial charge in [0.1, 0.15) is 5.82 Å². The van der Waals surface area contributed by atoms with Crippen LogP contribution in [0.15, 0.2) is 76.2 Å². The van der Waals surface area contributed by atoms with Gasteiger partial charge in [0.05, 0.1) is 35.8 Å². The minimum absolute atomic E-state index is 0.0223. The van der Waals surface area contributed by atoms with E-state index in [9.17, 15) is 22.8 Å². The number of allylic oxidation sites excluding steroid dienone is 1. The number of carbonyl (C=O) groups is 2. The molecule has 3 rings (SSSR count). The number of hydrogen-bond donors (Lipinski definition) is 1. The van der Waals surface area contributed by atoms with Gasteiger partial charge >= 0.3 is 18.1 Å². The van der Waals surface area contributed by atoms with E-state index in [2.05, 4.69) is 4.99 Å². The Labute approximate surface area is 213 Å². The highest BCUT2D eigenvalue weighted by atomic mass is 19.4. The summed E-state index contributed by atoms with van der Waals surface area (Å²) in [5.74, 6) is -2.71. The normalized spacial score (nSPS) is 16.6. The van der Waals surface area contributed by atoms with Crippen LogP contribution in [0, 0.1) is 0 Å². The molecular formula is C27H28F3N3O4. The lowest BCUT2D eigenvalue weighted by atomic mass is 9.80. The van der Waals surface area contributed by atoms with Crippen molar-refractivity contribution in [2.24, 2.45) is 10.7 Å². The number of alkyl halides is 3. The van der Waals surface area contributed by atoms with Crippen LogP contribution in [0.25, 0.3) is 0 Å². The third-order valence-electron chi connectivity index (χ3n) is 5.77. The highest BCUT2D eigenvalue weighted by Gasteiger charge is 2.42. The summed E-state index contributed by atoms with van der Waals surface area (Å²) < 4.78 is 50.9. The van der Waals surface area contributed by atoms with Crippen molar-refractivity contribution >= 4 is 23.8 Å². The second-order valence-electron chi connectivity index (χ2n) is 8.61.